The number of nitrogens with one attached hydrogen (secondary N) is 1. The Hall–Kier alpha value is -2.09. The summed E-state index contributed by atoms with van der Waals surface area (Å²) in [5.74, 6) is 0.370. The molecule has 1 aliphatic rings. The number of nitrogens with zero attached hydrogens (tertiary/aromatic N) is 1. The van der Waals surface area contributed by atoms with Gasteiger partial charge in [-0.25, -0.2) is 8.42 Å². The van der Waals surface area contributed by atoms with Gasteiger partial charge in [0.15, 0.2) is 16.4 Å². The van der Waals surface area contributed by atoms with E-state index in [1.807, 2.05) is 25.1 Å². The summed E-state index contributed by atoms with van der Waals surface area (Å²) in [6.45, 7) is 7.98. The molecule has 1 heterocycles. The van der Waals surface area contributed by atoms with Crippen molar-refractivity contribution in [2.45, 2.75) is 46.1 Å². The van der Waals surface area contributed by atoms with Crippen LogP contribution in [-0.2, 0) is 19.4 Å². The number of hydrogen-bond acceptors (Lipinski definition) is 5. The third-order valence-electron chi connectivity index (χ3n) is 4.81. The highest BCUT2D eigenvalue weighted by atomic mass is 32.2. The minimum absolute atomic E-state index is 0.0345. The quantitative estimate of drug-likeness (QED) is 0.703. The second kappa shape index (κ2) is 9.41. The Morgan fingerprint density at radius 2 is 2.04 bits per heavy atom. The van der Waals surface area contributed by atoms with Crippen LogP contribution in [0.15, 0.2) is 18.2 Å². The summed E-state index contributed by atoms with van der Waals surface area (Å²) < 4.78 is 28.8. The number of benzene rings is 1. The van der Waals surface area contributed by atoms with Gasteiger partial charge in [0.2, 0.25) is 5.91 Å². The second-order valence-corrected chi connectivity index (χ2v) is 9.79. The lowest BCUT2D eigenvalue weighted by Gasteiger charge is -2.22. The first-order valence-corrected chi connectivity index (χ1v) is 11.4. The van der Waals surface area contributed by atoms with Crippen molar-refractivity contribution < 1.29 is 22.7 Å². The molecule has 2 amide bonds. The molecule has 0 bridgehead atoms. The van der Waals surface area contributed by atoms with Crippen LogP contribution in [0.4, 0.5) is 0 Å². The van der Waals surface area contributed by atoms with Crippen LogP contribution < -0.4 is 10.1 Å². The van der Waals surface area contributed by atoms with Crippen LogP contribution in [0.3, 0.4) is 0 Å². The van der Waals surface area contributed by atoms with Crippen molar-refractivity contribution in [2.75, 3.05) is 31.2 Å². The Morgan fingerprint density at radius 1 is 1.32 bits per heavy atom. The molecule has 1 aromatic rings. The molecule has 1 fully saturated rings. The normalized spacial score (nSPS) is 18.1. The van der Waals surface area contributed by atoms with Gasteiger partial charge in [-0.3, -0.25) is 9.59 Å². The van der Waals surface area contributed by atoms with Gasteiger partial charge in [-0.05, 0) is 43.4 Å². The number of amides is 2. The highest BCUT2D eigenvalue weighted by Gasteiger charge is 2.29. The van der Waals surface area contributed by atoms with E-state index in [0.717, 1.165) is 11.1 Å². The number of rotatable bonds is 8. The molecule has 1 atom stereocenters. The van der Waals surface area contributed by atoms with Gasteiger partial charge in [-0.2, -0.15) is 0 Å². The average molecular weight is 411 g/mol. The standard InChI is InChI=1S/C20H30N2O5S/c1-5-22(11-19(23)21-16-8-9-28(25,26)13-16)20(24)12-27-18-10-15(4)6-7-17(18)14(2)3/h6-7,10,14,16H,5,8-9,11-13H2,1-4H3,(H,21,23)/t16-/m0/s1. The Kier molecular flexibility index (Phi) is 7.46. The Labute approximate surface area is 167 Å². The van der Waals surface area contributed by atoms with Gasteiger partial charge in [0.25, 0.3) is 5.91 Å². The maximum atomic E-state index is 12.5. The van der Waals surface area contributed by atoms with Crippen molar-refractivity contribution in [3.8, 4) is 5.75 Å². The van der Waals surface area contributed by atoms with E-state index in [0.29, 0.717) is 18.7 Å². The summed E-state index contributed by atoms with van der Waals surface area (Å²) in [7, 11) is -3.06. The monoisotopic (exact) mass is 410 g/mol. The zero-order valence-corrected chi connectivity index (χ0v) is 17.8. The van der Waals surface area contributed by atoms with E-state index in [4.69, 9.17) is 4.74 Å². The van der Waals surface area contributed by atoms with Crippen LogP contribution in [0, 0.1) is 6.92 Å². The fourth-order valence-electron chi connectivity index (χ4n) is 3.21. The first-order valence-electron chi connectivity index (χ1n) is 9.62. The Bertz CT molecular complexity index is 820. The predicted molar refractivity (Wildman–Crippen MR) is 108 cm³/mol. The van der Waals surface area contributed by atoms with Crippen molar-refractivity contribution in [1.29, 1.82) is 0 Å². The molecule has 2 rings (SSSR count). The molecular weight excluding hydrogens is 380 g/mol. The Balaban J connectivity index is 1.91. The average Bonchev–Trinajstić information content (AvgIpc) is 2.95. The van der Waals surface area contributed by atoms with E-state index in [1.54, 1.807) is 6.92 Å². The van der Waals surface area contributed by atoms with Crippen molar-refractivity contribution in [2.24, 2.45) is 0 Å². The molecule has 0 saturated carbocycles. The second-order valence-electron chi connectivity index (χ2n) is 7.56. The van der Waals surface area contributed by atoms with E-state index in [9.17, 15) is 18.0 Å². The zero-order chi connectivity index (χ0) is 20.9. The van der Waals surface area contributed by atoms with E-state index in [1.165, 1.54) is 4.90 Å². The van der Waals surface area contributed by atoms with Crippen LogP contribution in [-0.4, -0.2) is 62.4 Å². The molecule has 156 valence electrons. The van der Waals surface area contributed by atoms with Gasteiger partial charge in [0.05, 0.1) is 18.1 Å². The van der Waals surface area contributed by atoms with Gasteiger partial charge in [0.1, 0.15) is 5.75 Å². The fourth-order valence-corrected chi connectivity index (χ4v) is 4.88. The molecule has 0 aromatic heterocycles. The summed E-state index contributed by atoms with van der Waals surface area (Å²) in [4.78, 5) is 26.1. The number of sulfone groups is 1. The molecule has 1 saturated heterocycles. The van der Waals surface area contributed by atoms with Crippen molar-refractivity contribution in [3.05, 3.63) is 29.3 Å². The smallest absolute Gasteiger partial charge is 0.260 e. The first kappa shape index (κ1) is 22.2. The minimum atomic E-state index is -3.06. The molecule has 1 aliphatic heterocycles. The minimum Gasteiger partial charge on any atom is -0.483 e. The molecule has 0 unspecified atom stereocenters. The molecule has 28 heavy (non-hydrogen) atoms. The third-order valence-corrected chi connectivity index (χ3v) is 6.58. The fraction of sp³-hybridized carbons (Fsp3) is 0.600. The van der Waals surface area contributed by atoms with E-state index in [-0.39, 0.29) is 48.4 Å². The van der Waals surface area contributed by atoms with Crippen molar-refractivity contribution in [3.63, 3.8) is 0 Å². The molecule has 0 spiro atoms. The number of hydrogen-bond donors (Lipinski definition) is 1. The summed E-state index contributed by atoms with van der Waals surface area (Å²) in [5.41, 5.74) is 2.08. The van der Waals surface area contributed by atoms with Gasteiger partial charge in [-0.1, -0.05) is 26.0 Å². The summed E-state index contributed by atoms with van der Waals surface area (Å²) in [5, 5.41) is 2.71. The number of ether oxygens (including phenoxy) is 1. The molecule has 1 N–H and O–H groups in total. The number of carbonyl (C=O) groups excluding carboxylic acids is 2. The van der Waals surface area contributed by atoms with Crippen LogP contribution in [0.25, 0.3) is 0 Å². The maximum absolute atomic E-state index is 12.5. The SMILES string of the molecule is CCN(CC(=O)N[C@H]1CCS(=O)(=O)C1)C(=O)COc1cc(C)ccc1C(C)C. The molecule has 0 radical (unpaired) electrons. The van der Waals surface area contributed by atoms with Crippen LogP contribution in [0.5, 0.6) is 5.75 Å². The lowest BCUT2D eigenvalue weighted by atomic mass is 10.0. The number of likely N-dealkylation sites (N-methyl/N-ethyl adjacent to an activating group) is 1. The largest absolute Gasteiger partial charge is 0.483 e. The zero-order valence-electron chi connectivity index (χ0n) is 17.0. The molecule has 8 heteroatoms. The van der Waals surface area contributed by atoms with Crippen molar-refractivity contribution in [1.82, 2.24) is 10.2 Å². The van der Waals surface area contributed by atoms with Crippen LogP contribution in [0.2, 0.25) is 0 Å². The maximum Gasteiger partial charge on any atom is 0.260 e. The van der Waals surface area contributed by atoms with Crippen LogP contribution >= 0.6 is 0 Å². The van der Waals surface area contributed by atoms with Crippen molar-refractivity contribution >= 4 is 21.7 Å². The van der Waals surface area contributed by atoms with E-state index in [2.05, 4.69) is 19.2 Å². The summed E-state index contributed by atoms with van der Waals surface area (Å²) in [6.07, 6.45) is 0.419. The van der Waals surface area contributed by atoms with E-state index >= 15 is 0 Å². The summed E-state index contributed by atoms with van der Waals surface area (Å²) >= 11 is 0. The molecule has 1 aromatic carbocycles. The highest BCUT2D eigenvalue weighted by molar-refractivity contribution is 7.91. The van der Waals surface area contributed by atoms with E-state index < -0.39 is 9.84 Å². The summed E-state index contributed by atoms with van der Waals surface area (Å²) in [6, 6.07) is 5.55. The molecule has 7 nitrogen and oxygen atoms in total. The van der Waals surface area contributed by atoms with Gasteiger partial charge >= 0.3 is 0 Å². The lowest BCUT2D eigenvalue weighted by Crippen LogP contribution is -2.45. The van der Waals surface area contributed by atoms with Gasteiger partial charge in [0, 0.05) is 12.6 Å². The third kappa shape index (κ3) is 6.22. The topological polar surface area (TPSA) is 92.8 Å². The molecule has 0 aliphatic carbocycles. The first-order chi connectivity index (χ1) is 13.1. The van der Waals surface area contributed by atoms with Gasteiger partial charge in [-0.15, -0.1) is 0 Å². The Morgan fingerprint density at radius 3 is 2.61 bits per heavy atom. The number of aryl methyl sites for hydroxylation is 1. The highest BCUT2D eigenvalue weighted by Crippen LogP contribution is 2.27. The molecular formula is C20H30N2O5S. The lowest BCUT2D eigenvalue weighted by molar-refractivity contribution is -0.137. The number of carbonyl (C=O) groups is 2. The van der Waals surface area contributed by atoms with Crippen LogP contribution in [0.1, 0.15) is 44.2 Å². The van der Waals surface area contributed by atoms with Gasteiger partial charge < -0.3 is 15.0 Å². The predicted octanol–water partition coefficient (Wildman–Crippen LogP) is 1.65.